The molecule has 0 fully saturated rings. The largest absolute Gasteiger partial charge is 0.497 e. The van der Waals surface area contributed by atoms with E-state index in [4.69, 9.17) is 4.74 Å². The Kier molecular flexibility index (Phi) is 4.08. The van der Waals surface area contributed by atoms with Gasteiger partial charge in [0.15, 0.2) is 0 Å². The number of ether oxygens (including phenoxy) is 1. The van der Waals surface area contributed by atoms with Crippen molar-refractivity contribution in [1.82, 2.24) is 15.0 Å². The molecular formula is C11H12FN5O3. The van der Waals surface area contributed by atoms with E-state index in [-0.39, 0.29) is 11.4 Å². The average molecular weight is 281 g/mol. The summed E-state index contributed by atoms with van der Waals surface area (Å²) in [6.07, 6.45) is 3.18. The molecule has 0 aliphatic carbocycles. The fourth-order valence-corrected chi connectivity index (χ4v) is 1.67. The average Bonchev–Trinajstić information content (AvgIpc) is 2.90. The van der Waals surface area contributed by atoms with Gasteiger partial charge >= 0.3 is 5.69 Å². The predicted octanol–water partition coefficient (Wildman–Crippen LogP) is 1.45. The first-order valence-corrected chi connectivity index (χ1v) is 5.71. The third kappa shape index (κ3) is 2.99. The minimum atomic E-state index is -0.947. The smallest absolute Gasteiger partial charge is 0.327 e. The van der Waals surface area contributed by atoms with E-state index in [1.54, 1.807) is 10.9 Å². The van der Waals surface area contributed by atoms with Crippen molar-refractivity contribution in [3.63, 3.8) is 0 Å². The summed E-state index contributed by atoms with van der Waals surface area (Å²) in [4.78, 5) is 10.1. The van der Waals surface area contributed by atoms with Gasteiger partial charge < -0.3 is 10.1 Å². The molecule has 1 aromatic heterocycles. The molecule has 0 radical (unpaired) electrons. The number of hydrogen-bond donors (Lipinski definition) is 1. The van der Waals surface area contributed by atoms with Crippen LogP contribution in [0.25, 0.3) is 0 Å². The van der Waals surface area contributed by atoms with Gasteiger partial charge in [-0.25, -0.2) is 0 Å². The number of hydrogen-bond acceptors (Lipinski definition) is 6. The fourth-order valence-electron chi connectivity index (χ4n) is 1.67. The molecule has 0 aliphatic rings. The van der Waals surface area contributed by atoms with E-state index in [0.717, 1.165) is 6.07 Å². The Morgan fingerprint density at radius 3 is 2.95 bits per heavy atom. The minimum absolute atomic E-state index is 0.0620. The molecule has 0 bridgehead atoms. The normalized spacial score (nSPS) is 10.3. The molecule has 0 aliphatic heterocycles. The van der Waals surface area contributed by atoms with Gasteiger partial charge in [0.1, 0.15) is 11.4 Å². The molecular weight excluding hydrogens is 269 g/mol. The number of nitrogens with zero attached hydrogens (tertiary/aromatic N) is 4. The van der Waals surface area contributed by atoms with Crippen molar-refractivity contribution in [3.8, 4) is 5.75 Å². The van der Waals surface area contributed by atoms with E-state index in [1.807, 2.05) is 0 Å². The third-order valence-electron chi connectivity index (χ3n) is 2.58. The standard InChI is InChI=1S/C11H12FN5O3/c1-20-8-6-9(12)11(17(18)19)10(7-8)13-2-4-16-5-3-14-15-16/h3,5-7,13H,2,4H2,1H3. The molecule has 1 N–H and O–H groups in total. The summed E-state index contributed by atoms with van der Waals surface area (Å²) >= 11 is 0. The number of nitro groups is 1. The van der Waals surface area contributed by atoms with Crippen LogP contribution >= 0.6 is 0 Å². The first kappa shape index (κ1) is 13.7. The minimum Gasteiger partial charge on any atom is -0.497 e. The van der Waals surface area contributed by atoms with Gasteiger partial charge in [-0.3, -0.25) is 14.8 Å². The molecule has 106 valence electrons. The van der Waals surface area contributed by atoms with Gasteiger partial charge in [0, 0.05) is 24.9 Å². The predicted molar refractivity (Wildman–Crippen MR) is 68.1 cm³/mol. The zero-order valence-electron chi connectivity index (χ0n) is 10.6. The molecule has 2 rings (SSSR count). The quantitative estimate of drug-likeness (QED) is 0.636. The molecule has 1 aromatic carbocycles. The van der Waals surface area contributed by atoms with Gasteiger partial charge in [-0.2, -0.15) is 4.39 Å². The summed E-state index contributed by atoms with van der Waals surface area (Å²) in [6, 6.07) is 2.35. The van der Waals surface area contributed by atoms with Crippen LogP contribution in [0.1, 0.15) is 0 Å². The van der Waals surface area contributed by atoms with Crippen molar-refractivity contribution in [1.29, 1.82) is 0 Å². The number of nitro benzene ring substituents is 1. The van der Waals surface area contributed by atoms with Crippen LogP contribution in [0.5, 0.6) is 5.75 Å². The van der Waals surface area contributed by atoms with E-state index in [2.05, 4.69) is 15.6 Å². The van der Waals surface area contributed by atoms with E-state index >= 15 is 0 Å². The molecule has 0 saturated heterocycles. The topological polar surface area (TPSA) is 95.1 Å². The van der Waals surface area contributed by atoms with Crippen molar-refractivity contribution >= 4 is 11.4 Å². The van der Waals surface area contributed by atoms with E-state index < -0.39 is 16.4 Å². The van der Waals surface area contributed by atoms with E-state index in [0.29, 0.717) is 13.1 Å². The first-order chi connectivity index (χ1) is 9.61. The summed E-state index contributed by atoms with van der Waals surface area (Å²) in [6.45, 7) is 0.771. The van der Waals surface area contributed by atoms with Crippen LogP contribution < -0.4 is 10.1 Å². The molecule has 0 amide bonds. The fraction of sp³-hybridized carbons (Fsp3) is 0.273. The number of anilines is 1. The number of aromatic nitrogens is 3. The Bertz CT molecular complexity index is 602. The second-order valence-corrected chi connectivity index (χ2v) is 3.86. The molecule has 9 heteroatoms. The molecule has 1 heterocycles. The summed E-state index contributed by atoms with van der Waals surface area (Å²) < 4.78 is 20.1. The van der Waals surface area contributed by atoms with Crippen LogP contribution in [0.2, 0.25) is 0 Å². The lowest BCUT2D eigenvalue weighted by Crippen LogP contribution is -2.12. The van der Waals surface area contributed by atoms with Crippen LogP contribution in [0.15, 0.2) is 24.5 Å². The number of rotatable bonds is 6. The highest BCUT2D eigenvalue weighted by Crippen LogP contribution is 2.32. The van der Waals surface area contributed by atoms with Crippen LogP contribution in [0.4, 0.5) is 15.8 Å². The molecule has 20 heavy (non-hydrogen) atoms. The molecule has 0 spiro atoms. The summed E-state index contributed by atoms with van der Waals surface area (Å²) in [5.74, 6) is -0.742. The lowest BCUT2D eigenvalue weighted by atomic mass is 10.2. The molecule has 0 saturated carbocycles. The Balaban J connectivity index is 2.16. The van der Waals surface area contributed by atoms with Crippen molar-refractivity contribution < 1.29 is 14.1 Å². The second kappa shape index (κ2) is 5.95. The second-order valence-electron chi connectivity index (χ2n) is 3.86. The van der Waals surface area contributed by atoms with Gasteiger partial charge in [-0.15, -0.1) is 5.10 Å². The Labute approximate surface area is 113 Å². The highest BCUT2D eigenvalue weighted by molar-refractivity contribution is 5.65. The van der Waals surface area contributed by atoms with E-state index in [9.17, 15) is 14.5 Å². The summed E-state index contributed by atoms with van der Waals surface area (Å²) in [5, 5.41) is 21.1. The van der Waals surface area contributed by atoms with Gasteiger partial charge in [0.2, 0.25) is 5.82 Å². The maximum absolute atomic E-state index is 13.7. The number of nitrogens with one attached hydrogen (secondary N) is 1. The number of halogens is 1. The van der Waals surface area contributed by atoms with Crippen molar-refractivity contribution in [2.75, 3.05) is 19.0 Å². The maximum Gasteiger partial charge on any atom is 0.327 e. The summed E-state index contributed by atoms with van der Waals surface area (Å²) in [5.41, 5.74) is -0.545. The van der Waals surface area contributed by atoms with Crippen LogP contribution in [0, 0.1) is 15.9 Å². The van der Waals surface area contributed by atoms with Gasteiger partial charge in [-0.05, 0) is 0 Å². The number of methoxy groups -OCH3 is 1. The van der Waals surface area contributed by atoms with Gasteiger partial charge in [-0.1, -0.05) is 5.21 Å². The Morgan fingerprint density at radius 2 is 2.35 bits per heavy atom. The first-order valence-electron chi connectivity index (χ1n) is 5.71. The lowest BCUT2D eigenvalue weighted by Gasteiger charge is -2.09. The monoisotopic (exact) mass is 281 g/mol. The summed E-state index contributed by atoms with van der Waals surface area (Å²) in [7, 11) is 1.36. The molecule has 8 nitrogen and oxygen atoms in total. The Hall–Kier alpha value is -2.71. The molecule has 0 atom stereocenters. The third-order valence-corrected chi connectivity index (χ3v) is 2.58. The van der Waals surface area contributed by atoms with Gasteiger partial charge in [0.25, 0.3) is 0 Å². The van der Waals surface area contributed by atoms with Crippen LogP contribution in [-0.4, -0.2) is 33.6 Å². The zero-order valence-corrected chi connectivity index (χ0v) is 10.6. The van der Waals surface area contributed by atoms with Crippen molar-refractivity contribution in [2.24, 2.45) is 0 Å². The molecule has 0 unspecified atom stereocenters. The van der Waals surface area contributed by atoms with Crippen molar-refractivity contribution in [2.45, 2.75) is 6.54 Å². The van der Waals surface area contributed by atoms with Crippen LogP contribution in [0.3, 0.4) is 0 Å². The van der Waals surface area contributed by atoms with Gasteiger partial charge in [0.05, 0.1) is 24.8 Å². The lowest BCUT2D eigenvalue weighted by molar-refractivity contribution is -0.386. The molecule has 2 aromatic rings. The SMILES string of the molecule is COc1cc(F)c([N+](=O)[O-])c(NCCn2ccnn2)c1. The van der Waals surface area contributed by atoms with E-state index in [1.165, 1.54) is 19.4 Å². The maximum atomic E-state index is 13.7. The van der Waals surface area contributed by atoms with Crippen molar-refractivity contribution in [3.05, 3.63) is 40.5 Å². The highest BCUT2D eigenvalue weighted by Gasteiger charge is 2.21. The van der Waals surface area contributed by atoms with Crippen LogP contribution in [-0.2, 0) is 6.54 Å². The highest BCUT2D eigenvalue weighted by atomic mass is 19.1. The zero-order chi connectivity index (χ0) is 14.5. The Morgan fingerprint density at radius 1 is 1.55 bits per heavy atom. The number of benzene rings is 1.